The van der Waals surface area contributed by atoms with E-state index in [1.165, 1.54) is 0 Å². The number of carboxylic acid groups (broad SMARTS) is 3. The van der Waals surface area contributed by atoms with Crippen molar-refractivity contribution in [2.45, 2.75) is 164 Å². The zero-order valence-electron chi connectivity index (χ0n) is 53.7. The molecule has 544 valence electrons. The first-order chi connectivity index (χ1) is 46.0. The number of rotatable bonds is 44. The summed E-state index contributed by atoms with van der Waals surface area (Å²) in [6, 6.07) is -12.7. The normalized spacial score (nSPS) is 15.8. The number of carbonyl (C=O) groups is 17. The zero-order valence-corrected chi connectivity index (χ0v) is 54.6. The van der Waals surface area contributed by atoms with E-state index in [0.29, 0.717) is 5.56 Å². The number of aliphatic hydroxyl groups is 3. The number of aliphatic imine (C=N–C) groups is 1. The Balaban J connectivity index is 2.26. The van der Waals surface area contributed by atoms with E-state index in [1.807, 2.05) is 21.3 Å². The van der Waals surface area contributed by atoms with Gasteiger partial charge < -0.3 is 117 Å². The molecule has 14 amide bonds. The van der Waals surface area contributed by atoms with Gasteiger partial charge in [-0.1, -0.05) is 44.2 Å². The predicted octanol–water partition coefficient (Wildman–Crippen LogP) is -10.2. The lowest BCUT2D eigenvalue weighted by molar-refractivity contribution is -0.144. The lowest BCUT2D eigenvalue weighted by atomic mass is 10.0. The van der Waals surface area contributed by atoms with Gasteiger partial charge in [0.25, 0.3) is 0 Å². The quantitative estimate of drug-likeness (QED) is 0.0125. The summed E-state index contributed by atoms with van der Waals surface area (Å²) in [4.78, 5) is 227. The number of nitrogens with two attached hydrogens (primary N) is 4. The Morgan fingerprint density at radius 1 is 0.520 bits per heavy atom. The molecular weight excluding hydrogens is 1320 g/mol. The SMILES string of the molecule is CC(=O)N[C@@H](CCCN=C(N)N)C(=O)N[C@@H](CC(=O)O)C(=O)N[C@@H](CO)C(=O)N[C@@H](CO)C(=O)N[C@@H](CC(N)=O)C(=O)N[C@@H](CO)C(=O)N[C@@H](CS)C(=O)N[C@@H](CC(=O)O)C(=O)N[C@@H](CC(C)C)C(=O)N1CCC[C@H]1C(=O)N[C@@H](CCC(=O)O)C(=O)N[C@@H](Cc1ccccc1)C(N)=O. The number of nitrogens with zero attached hydrogens (tertiary/aromatic N) is 2. The Morgan fingerprint density at radius 2 is 0.929 bits per heavy atom. The summed E-state index contributed by atoms with van der Waals surface area (Å²) < 4.78 is 0. The Labute approximate surface area is 565 Å². The second-order valence-corrected chi connectivity index (χ2v) is 23.1. The van der Waals surface area contributed by atoms with E-state index < -0.39 is 231 Å². The highest BCUT2D eigenvalue weighted by Crippen LogP contribution is 2.22. The molecule has 98 heavy (non-hydrogen) atoms. The number of aliphatic carboxylic acids is 3. The third-order valence-corrected chi connectivity index (χ3v) is 14.7. The van der Waals surface area contributed by atoms with Crippen LogP contribution in [0.3, 0.4) is 0 Å². The van der Waals surface area contributed by atoms with Crippen molar-refractivity contribution in [3.63, 3.8) is 0 Å². The number of hydrogen-bond donors (Lipinski definition) is 22. The van der Waals surface area contributed by atoms with Crippen LogP contribution in [0.5, 0.6) is 0 Å². The number of likely N-dealkylation sites (tertiary alicyclic amines) is 1. The lowest BCUT2D eigenvalue weighted by Crippen LogP contribution is -2.62. The molecule has 1 aromatic rings. The van der Waals surface area contributed by atoms with Gasteiger partial charge in [0.1, 0.15) is 72.5 Å². The number of benzene rings is 1. The van der Waals surface area contributed by atoms with Crippen LogP contribution in [0.25, 0.3) is 0 Å². The molecule has 1 aliphatic rings. The Bertz CT molecular complexity index is 3070. The number of primary amides is 2. The van der Waals surface area contributed by atoms with E-state index in [2.05, 4.69) is 54.8 Å². The molecule has 12 atom stereocenters. The number of amides is 14. The second kappa shape index (κ2) is 42.3. The van der Waals surface area contributed by atoms with Crippen LogP contribution in [0.4, 0.5) is 0 Å². The fraction of sp³-hybridized carbons (Fsp3) is 0.579. The minimum Gasteiger partial charge on any atom is -0.481 e. The van der Waals surface area contributed by atoms with E-state index in [0.717, 1.165) is 11.8 Å². The number of carboxylic acids is 3. The number of aliphatic hydroxyl groups excluding tert-OH is 3. The summed E-state index contributed by atoms with van der Waals surface area (Å²) in [7, 11) is 0. The largest absolute Gasteiger partial charge is 0.481 e. The van der Waals surface area contributed by atoms with Gasteiger partial charge >= 0.3 is 17.9 Å². The van der Waals surface area contributed by atoms with Gasteiger partial charge in [-0.2, -0.15) is 12.6 Å². The van der Waals surface area contributed by atoms with Gasteiger partial charge in [-0.25, -0.2) is 0 Å². The van der Waals surface area contributed by atoms with Crippen LogP contribution in [0.2, 0.25) is 0 Å². The monoisotopic (exact) mass is 1410 g/mol. The molecule has 1 aromatic carbocycles. The van der Waals surface area contributed by atoms with Crippen LogP contribution < -0.4 is 81.4 Å². The van der Waals surface area contributed by atoms with Crippen molar-refractivity contribution < 1.29 is 112 Å². The van der Waals surface area contributed by atoms with Crippen LogP contribution >= 0.6 is 12.6 Å². The molecule has 25 N–H and O–H groups in total. The minimum atomic E-state index is -2.10. The fourth-order valence-corrected chi connectivity index (χ4v) is 9.75. The third-order valence-electron chi connectivity index (χ3n) is 14.3. The molecular formula is C57H87N17O23S. The summed E-state index contributed by atoms with van der Waals surface area (Å²) in [5.74, 6) is -22.3. The summed E-state index contributed by atoms with van der Waals surface area (Å²) >= 11 is 4.06. The molecule has 0 bridgehead atoms. The van der Waals surface area contributed by atoms with Crippen molar-refractivity contribution in [3.05, 3.63) is 35.9 Å². The summed E-state index contributed by atoms with van der Waals surface area (Å²) in [6.07, 6.45) is -4.35. The first-order valence-electron chi connectivity index (χ1n) is 30.4. The first-order valence-corrected chi connectivity index (χ1v) is 31.1. The number of carbonyl (C=O) groups excluding carboxylic acids is 14. The minimum absolute atomic E-state index is 0.00766. The summed E-state index contributed by atoms with van der Waals surface area (Å²) in [5.41, 5.74) is 22.1. The molecule has 41 heteroatoms. The van der Waals surface area contributed by atoms with Crippen LogP contribution in [-0.4, -0.2) is 253 Å². The molecule has 1 fully saturated rings. The number of thiol groups is 1. The van der Waals surface area contributed by atoms with E-state index in [9.17, 15) is 112 Å². The van der Waals surface area contributed by atoms with Crippen LogP contribution in [-0.2, 0) is 87.9 Å². The Kier molecular flexibility index (Phi) is 36.2. The van der Waals surface area contributed by atoms with Gasteiger partial charge in [0.15, 0.2) is 5.96 Å². The Morgan fingerprint density at radius 3 is 1.34 bits per heavy atom. The molecule has 1 aliphatic heterocycles. The Hall–Kier alpha value is -10.3. The van der Waals surface area contributed by atoms with Gasteiger partial charge in [-0.15, -0.1) is 0 Å². The van der Waals surface area contributed by atoms with Gasteiger partial charge in [0.2, 0.25) is 82.7 Å². The molecule has 0 unspecified atom stereocenters. The highest BCUT2D eigenvalue weighted by atomic mass is 32.1. The molecule has 1 heterocycles. The number of guanidine groups is 1. The van der Waals surface area contributed by atoms with Crippen molar-refractivity contribution in [1.29, 1.82) is 0 Å². The molecule has 0 aromatic heterocycles. The van der Waals surface area contributed by atoms with Crippen LogP contribution in [0.1, 0.15) is 90.5 Å². The molecule has 0 spiro atoms. The molecule has 0 aliphatic carbocycles. The molecule has 0 saturated carbocycles. The van der Waals surface area contributed by atoms with Crippen molar-refractivity contribution in [2.75, 3.05) is 38.7 Å². The first kappa shape index (κ1) is 83.8. The maximum atomic E-state index is 14.4. The van der Waals surface area contributed by atoms with Gasteiger partial charge in [0, 0.05) is 38.6 Å². The highest BCUT2D eigenvalue weighted by Gasteiger charge is 2.42. The topological polar surface area (TPSA) is 664 Å². The standard InChI is InChI=1S/C57H87N17O23S/c1-26(2)17-35(56(97)74-16-8-12-40(74)55(96)64-30(13-14-42(80)81)47(88)65-31(45(59)86)18-28-9-5-4-6-10-28)69-49(90)33(20-43(82)83)68-54(95)39(25-98)73-53(94)38(24-77)70-48(89)32(19-41(58)79)66-51(92)36(22-75)72-52(93)37(23-76)71-50(91)34(21-44(84)85)67-46(87)29(63-27(3)78)11-7-15-62-57(60)61/h4-6,9-10,26,29-40,75-77,98H,7-8,11-25H2,1-3H3,(H2,58,79)(H2,59,86)(H,63,78)(H,64,96)(H,65,88)(H,66,92)(H,67,87)(H,68,95)(H,69,90)(H,70,89)(H,71,91)(H,72,93)(H,73,94)(H,80,81)(H,82,83)(H,84,85)(H4,60,61,62)/t29-,30-,31-,32-,33-,34-,35-,36-,37-,38-,39-,40-/m0/s1. The van der Waals surface area contributed by atoms with Gasteiger partial charge in [0.05, 0.1) is 39.1 Å². The third kappa shape index (κ3) is 29.8. The maximum Gasteiger partial charge on any atom is 0.305 e. The van der Waals surface area contributed by atoms with E-state index in [-0.39, 0.29) is 63.5 Å². The van der Waals surface area contributed by atoms with Crippen molar-refractivity contribution >= 4 is 119 Å². The van der Waals surface area contributed by atoms with Gasteiger partial charge in [-0.3, -0.25) is 86.5 Å². The van der Waals surface area contributed by atoms with Crippen molar-refractivity contribution in [1.82, 2.24) is 63.4 Å². The predicted molar refractivity (Wildman–Crippen MR) is 341 cm³/mol. The van der Waals surface area contributed by atoms with Gasteiger partial charge in [-0.05, 0) is 50.0 Å². The number of hydrogen-bond acceptors (Lipinski definition) is 22. The maximum absolute atomic E-state index is 14.4. The fourth-order valence-electron chi connectivity index (χ4n) is 9.50. The zero-order chi connectivity index (χ0) is 74.1. The van der Waals surface area contributed by atoms with Crippen LogP contribution in [0.15, 0.2) is 35.3 Å². The molecule has 0 radical (unpaired) electrons. The van der Waals surface area contributed by atoms with Crippen molar-refractivity contribution in [2.24, 2.45) is 33.8 Å². The number of nitrogens with one attached hydrogen (secondary N) is 11. The smallest absolute Gasteiger partial charge is 0.305 e. The highest BCUT2D eigenvalue weighted by molar-refractivity contribution is 7.80. The summed E-state index contributed by atoms with van der Waals surface area (Å²) in [5, 5.41) is 83.1. The molecule has 40 nitrogen and oxygen atoms in total. The lowest BCUT2D eigenvalue weighted by Gasteiger charge is -2.31. The van der Waals surface area contributed by atoms with Crippen LogP contribution in [0, 0.1) is 5.92 Å². The second-order valence-electron chi connectivity index (χ2n) is 22.8. The van der Waals surface area contributed by atoms with E-state index >= 15 is 0 Å². The molecule has 1 saturated heterocycles. The van der Waals surface area contributed by atoms with Crippen molar-refractivity contribution in [3.8, 4) is 0 Å². The average Bonchev–Trinajstić information content (AvgIpc) is 1.61. The van der Waals surface area contributed by atoms with E-state index in [4.69, 9.17) is 22.9 Å². The average molecular weight is 1410 g/mol. The van der Waals surface area contributed by atoms with E-state index in [1.54, 1.807) is 44.2 Å². The molecule has 2 rings (SSSR count). The summed E-state index contributed by atoms with van der Waals surface area (Å²) in [6.45, 7) is 0.455.